The molecule has 1 aromatic rings. The molecule has 7 nitrogen and oxygen atoms in total. The molecule has 0 atom stereocenters. The Kier molecular flexibility index (Phi) is 5.84. The number of rotatable bonds is 3. The van der Waals surface area contributed by atoms with E-state index in [4.69, 9.17) is 4.74 Å². The number of hydrogen-bond acceptors (Lipinski definition) is 4. The summed E-state index contributed by atoms with van der Waals surface area (Å²) in [5.41, 5.74) is 1.12. The Balaban J connectivity index is 1.62. The standard InChI is InChI=1S/C18H27N3O4S/c1-15(2)16-3-5-17(6-4-16)26(23,24)21-9-7-19(8-10-21)18(22)20-11-13-25-14-12-20/h3-6,15H,7-14H2,1-2H3. The van der Waals surface area contributed by atoms with Crippen molar-refractivity contribution in [3.8, 4) is 0 Å². The second-order valence-electron chi connectivity index (χ2n) is 7.00. The summed E-state index contributed by atoms with van der Waals surface area (Å²) < 4.78 is 32.4. The van der Waals surface area contributed by atoms with Gasteiger partial charge in [-0.1, -0.05) is 26.0 Å². The Morgan fingerprint density at radius 1 is 0.923 bits per heavy atom. The highest BCUT2D eigenvalue weighted by Crippen LogP contribution is 2.21. The van der Waals surface area contributed by atoms with Crippen LogP contribution in [0.25, 0.3) is 0 Å². The molecule has 2 heterocycles. The first kappa shape index (κ1) is 19.1. The minimum Gasteiger partial charge on any atom is -0.378 e. The van der Waals surface area contributed by atoms with E-state index in [1.165, 1.54) is 4.31 Å². The molecule has 1 aromatic carbocycles. The number of sulfonamides is 1. The maximum Gasteiger partial charge on any atom is 0.320 e. The summed E-state index contributed by atoms with van der Waals surface area (Å²) in [6.07, 6.45) is 0. The molecule has 2 aliphatic rings. The smallest absolute Gasteiger partial charge is 0.320 e. The summed E-state index contributed by atoms with van der Waals surface area (Å²) in [7, 11) is -3.52. The molecule has 0 N–H and O–H groups in total. The molecule has 0 bridgehead atoms. The lowest BCUT2D eigenvalue weighted by molar-refractivity contribution is 0.0405. The number of hydrogen-bond donors (Lipinski definition) is 0. The summed E-state index contributed by atoms with van der Waals surface area (Å²) in [5.74, 6) is 0.362. The highest BCUT2D eigenvalue weighted by molar-refractivity contribution is 7.89. The van der Waals surface area contributed by atoms with Gasteiger partial charge in [0.25, 0.3) is 0 Å². The maximum atomic E-state index is 12.8. The fourth-order valence-corrected chi connectivity index (χ4v) is 4.67. The third kappa shape index (κ3) is 4.02. The Hall–Kier alpha value is -1.64. The first-order chi connectivity index (χ1) is 12.4. The van der Waals surface area contributed by atoms with E-state index >= 15 is 0 Å². The van der Waals surface area contributed by atoms with E-state index in [0.29, 0.717) is 63.3 Å². The Labute approximate surface area is 155 Å². The number of piperazine rings is 1. The Morgan fingerprint density at radius 3 is 2.00 bits per heavy atom. The fraction of sp³-hybridized carbons (Fsp3) is 0.611. The summed E-state index contributed by atoms with van der Waals surface area (Å²) in [5, 5.41) is 0. The molecule has 0 aromatic heterocycles. The third-order valence-corrected chi connectivity index (χ3v) is 6.89. The van der Waals surface area contributed by atoms with E-state index in [2.05, 4.69) is 13.8 Å². The van der Waals surface area contributed by atoms with Crippen LogP contribution in [0, 0.1) is 0 Å². The van der Waals surface area contributed by atoms with Crippen LogP contribution < -0.4 is 0 Å². The second-order valence-corrected chi connectivity index (χ2v) is 8.93. The lowest BCUT2D eigenvalue weighted by Gasteiger charge is -2.38. The van der Waals surface area contributed by atoms with E-state index < -0.39 is 10.0 Å². The number of ether oxygens (including phenoxy) is 1. The van der Waals surface area contributed by atoms with Crippen molar-refractivity contribution in [1.82, 2.24) is 14.1 Å². The van der Waals surface area contributed by atoms with Crippen LogP contribution in [0.1, 0.15) is 25.3 Å². The van der Waals surface area contributed by atoms with Gasteiger partial charge in [-0.3, -0.25) is 0 Å². The molecule has 8 heteroatoms. The number of nitrogens with zero attached hydrogens (tertiary/aromatic N) is 3. The molecule has 0 unspecified atom stereocenters. The van der Waals surface area contributed by atoms with E-state index in [-0.39, 0.29) is 6.03 Å². The van der Waals surface area contributed by atoms with Crippen LogP contribution in [0.15, 0.2) is 29.2 Å². The van der Waals surface area contributed by atoms with Gasteiger partial charge in [0.15, 0.2) is 0 Å². The van der Waals surface area contributed by atoms with Crippen molar-refractivity contribution in [1.29, 1.82) is 0 Å². The van der Waals surface area contributed by atoms with Crippen molar-refractivity contribution < 1.29 is 17.9 Å². The first-order valence-corrected chi connectivity index (χ1v) is 10.6. The number of morpholine rings is 1. The van der Waals surface area contributed by atoms with Gasteiger partial charge in [-0.25, -0.2) is 13.2 Å². The predicted octanol–water partition coefficient (Wildman–Crippen LogP) is 1.57. The van der Waals surface area contributed by atoms with Crippen molar-refractivity contribution in [2.45, 2.75) is 24.7 Å². The van der Waals surface area contributed by atoms with Crippen LogP contribution in [-0.4, -0.2) is 81.0 Å². The van der Waals surface area contributed by atoms with Crippen LogP contribution in [0.3, 0.4) is 0 Å². The Morgan fingerprint density at radius 2 is 1.46 bits per heavy atom. The molecule has 3 rings (SSSR count). The average Bonchev–Trinajstić information content (AvgIpc) is 2.68. The van der Waals surface area contributed by atoms with Crippen molar-refractivity contribution in [3.63, 3.8) is 0 Å². The molecule has 26 heavy (non-hydrogen) atoms. The molecule has 0 radical (unpaired) electrons. The number of urea groups is 1. The van der Waals surface area contributed by atoms with Gasteiger partial charge in [-0.2, -0.15) is 4.31 Å². The Bertz CT molecular complexity index is 719. The van der Waals surface area contributed by atoms with Gasteiger partial charge in [0.2, 0.25) is 10.0 Å². The van der Waals surface area contributed by atoms with Gasteiger partial charge >= 0.3 is 6.03 Å². The highest BCUT2D eigenvalue weighted by Gasteiger charge is 2.32. The third-order valence-electron chi connectivity index (χ3n) is 4.98. The lowest BCUT2D eigenvalue weighted by Crippen LogP contribution is -2.55. The van der Waals surface area contributed by atoms with Gasteiger partial charge in [-0.15, -0.1) is 0 Å². The quantitative estimate of drug-likeness (QED) is 0.797. The number of amides is 2. The minimum absolute atomic E-state index is 0.0216. The van der Waals surface area contributed by atoms with Gasteiger partial charge in [0, 0.05) is 39.3 Å². The zero-order valence-corrected chi connectivity index (χ0v) is 16.2. The molecular formula is C18H27N3O4S. The van der Waals surface area contributed by atoms with Crippen molar-refractivity contribution in [3.05, 3.63) is 29.8 Å². The minimum atomic E-state index is -3.52. The van der Waals surface area contributed by atoms with Gasteiger partial charge in [0.05, 0.1) is 18.1 Å². The number of carbonyl (C=O) groups is 1. The zero-order valence-electron chi connectivity index (χ0n) is 15.4. The number of benzene rings is 1. The van der Waals surface area contributed by atoms with Crippen molar-refractivity contribution in [2.75, 3.05) is 52.5 Å². The molecular weight excluding hydrogens is 354 g/mol. The second kappa shape index (κ2) is 7.94. The van der Waals surface area contributed by atoms with Crippen LogP contribution in [0.5, 0.6) is 0 Å². The highest BCUT2D eigenvalue weighted by atomic mass is 32.2. The summed E-state index contributed by atoms with van der Waals surface area (Å²) >= 11 is 0. The molecule has 0 aliphatic carbocycles. The monoisotopic (exact) mass is 381 g/mol. The van der Waals surface area contributed by atoms with Gasteiger partial charge in [0.1, 0.15) is 0 Å². The molecule has 2 fully saturated rings. The molecule has 2 amide bonds. The number of carbonyl (C=O) groups excluding carboxylic acids is 1. The van der Waals surface area contributed by atoms with Crippen LogP contribution in [0.2, 0.25) is 0 Å². The molecule has 2 saturated heterocycles. The average molecular weight is 381 g/mol. The van der Waals surface area contributed by atoms with E-state index in [1.54, 1.807) is 21.9 Å². The fourth-order valence-electron chi connectivity index (χ4n) is 3.25. The lowest BCUT2D eigenvalue weighted by atomic mass is 10.0. The van der Waals surface area contributed by atoms with Crippen molar-refractivity contribution >= 4 is 16.1 Å². The van der Waals surface area contributed by atoms with E-state index in [9.17, 15) is 13.2 Å². The molecule has 0 saturated carbocycles. The first-order valence-electron chi connectivity index (χ1n) is 9.11. The zero-order chi connectivity index (χ0) is 18.7. The van der Waals surface area contributed by atoms with Gasteiger partial charge < -0.3 is 14.5 Å². The maximum absolute atomic E-state index is 12.8. The SMILES string of the molecule is CC(C)c1ccc(S(=O)(=O)N2CCN(C(=O)N3CCOCC3)CC2)cc1. The van der Waals surface area contributed by atoms with Crippen molar-refractivity contribution in [2.24, 2.45) is 0 Å². The predicted molar refractivity (Wildman–Crippen MR) is 98.7 cm³/mol. The van der Waals surface area contributed by atoms with Crippen LogP contribution >= 0.6 is 0 Å². The molecule has 0 spiro atoms. The topological polar surface area (TPSA) is 70.2 Å². The summed E-state index contributed by atoms with van der Waals surface area (Å²) in [6, 6.07) is 7.07. The summed E-state index contributed by atoms with van der Waals surface area (Å²) in [6.45, 7) is 7.95. The van der Waals surface area contributed by atoms with Gasteiger partial charge in [-0.05, 0) is 23.6 Å². The largest absolute Gasteiger partial charge is 0.378 e. The molecule has 2 aliphatic heterocycles. The molecule has 144 valence electrons. The van der Waals surface area contributed by atoms with Crippen LogP contribution in [0.4, 0.5) is 4.79 Å². The van der Waals surface area contributed by atoms with Crippen LogP contribution in [-0.2, 0) is 14.8 Å². The summed E-state index contributed by atoms with van der Waals surface area (Å²) in [4.78, 5) is 16.3. The van der Waals surface area contributed by atoms with E-state index in [0.717, 1.165) is 5.56 Å². The normalized spacial score (nSPS) is 19.8. The van der Waals surface area contributed by atoms with E-state index in [1.807, 2.05) is 12.1 Å².